The van der Waals surface area contributed by atoms with E-state index in [-0.39, 0.29) is 18.7 Å². The lowest BCUT2D eigenvalue weighted by atomic mass is 9.97. The molecule has 4 nitrogen and oxygen atoms in total. The van der Waals surface area contributed by atoms with E-state index in [2.05, 4.69) is 0 Å². The molecule has 1 aromatic carbocycles. The molecule has 1 aliphatic heterocycles. The number of Topliss-reactive ketones (excluding diaryl/α,β-unsaturated/α-hetero) is 1. The first-order valence-corrected chi connectivity index (χ1v) is 6.41. The molecule has 0 radical (unpaired) electrons. The highest BCUT2D eigenvalue weighted by Gasteiger charge is 2.27. The van der Waals surface area contributed by atoms with Gasteiger partial charge in [0.25, 0.3) is 0 Å². The number of benzene rings is 1. The summed E-state index contributed by atoms with van der Waals surface area (Å²) >= 11 is 0. The Morgan fingerprint density at radius 2 is 2.10 bits per heavy atom. The predicted molar refractivity (Wildman–Crippen MR) is 67.5 cm³/mol. The molecule has 1 heterocycles. The van der Waals surface area contributed by atoms with Crippen molar-refractivity contribution in [3.05, 3.63) is 35.4 Å². The zero-order valence-corrected chi connectivity index (χ0v) is 10.8. The number of carboxylic acid groups (broad SMARTS) is 1. The molecule has 0 bridgehead atoms. The van der Waals surface area contributed by atoms with Crippen LogP contribution in [-0.4, -0.2) is 41.4 Å². The highest BCUT2D eigenvalue weighted by atomic mass is 19.1. The number of carboxylic acids is 1. The van der Waals surface area contributed by atoms with E-state index in [0.717, 1.165) is 18.2 Å². The van der Waals surface area contributed by atoms with Crippen LogP contribution in [0.4, 0.5) is 8.78 Å². The van der Waals surface area contributed by atoms with Crippen molar-refractivity contribution >= 4 is 11.8 Å². The molecule has 1 N–H and O–H groups in total. The average molecular weight is 283 g/mol. The van der Waals surface area contributed by atoms with E-state index < -0.39 is 29.3 Å². The molecular weight excluding hydrogens is 268 g/mol. The van der Waals surface area contributed by atoms with Gasteiger partial charge < -0.3 is 5.11 Å². The number of piperidine rings is 1. The van der Waals surface area contributed by atoms with Gasteiger partial charge in [0.2, 0.25) is 0 Å². The van der Waals surface area contributed by atoms with Crippen molar-refractivity contribution in [3.8, 4) is 0 Å². The number of carbonyl (C=O) groups is 2. The molecule has 0 aliphatic carbocycles. The second-order valence-corrected chi connectivity index (χ2v) is 4.96. The quantitative estimate of drug-likeness (QED) is 0.858. The van der Waals surface area contributed by atoms with Crippen LogP contribution in [-0.2, 0) is 4.79 Å². The van der Waals surface area contributed by atoms with Crippen molar-refractivity contribution in [2.24, 2.45) is 5.92 Å². The van der Waals surface area contributed by atoms with Gasteiger partial charge in [0.05, 0.1) is 18.0 Å². The van der Waals surface area contributed by atoms with Gasteiger partial charge in [-0.25, -0.2) is 8.78 Å². The number of halogens is 2. The largest absolute Gasteiger partial charge is 0.481 e. The number of rotatable bonds is 4. The molecule has 1 atom stereocenters. The van der Waals surface area contributed by atoms with E-state index in [1.807, 2.05) is 0 Å². The van der Waals surface area contributed by atoms with Gasteiger partial charge in [-0.05, 0) is 37.6 Å². The molecule has 2 rings (SSSR count). The molecule has 1 aliphatic rings. The summed E-state index contributed by atoms with van der Waals surface area (Å²) in [5, 5.41) is 8.97. The van der Waals surface area contributed by atoms with E-state index in [0.29, 0.717) is 19.4 Å². The normalized spacial score (nSPS) is 19.8. The number of ketones is 1. The smallest absolute Gasteiger partial charge is 0.307 e. The summed E-state index contributed by atoms with van der Waals surface area (Å²) < 4.78 is 26.5. The van der Waals surface area contributed by atoms with Crippen molar-refractivity contribution in [2.75, 3.05) is 19.6 Å². The van der Waals surface area contributed by atoms with E-state index >= 15 is 0 Å². The summed E-state index contributed by atoms with van der Waals surface area (Å²) in [5.41, 5.74) is -0.289. The van der Waals surface area contributed by atoms with Crippen LogP contribution in [0.3, 0.4) is 0 Å². The summed E-state index contributed by atoms with van der Waals surface area (Å²) in [5.74, 6) is -3.36. The lowest BCUT2D eigenvalue weighted by molar-refractivity contribution is -0.143. The van der Waals surface area contributed by atoms with Gasteiger partial charge in [0.1, 0.15) is 11.6 Å². The maximum Gasteiger partial charge on any atom is 0.307 e. The Morgan fingerprint density at radius 3 is 2.80 bits per heavy atom. The highest BCUT2D eigenvalue weighted by Crippen LogP contribution is 2.18. The fraction of sp³-hybridized carbons (Fsp3) is 0.429. The van der Waals surface area contributed by atoms with Crippen molar-refractivity contribution in [1.82, 2.24) is 4.90 Å². The second-order valence-electron chi connectivity index (χ2n) is 4.96. The molecule has 108 valence electrons. The van der Waals surface area contributed by atoms with Crippen molar-refractivity contribution in [3.63, 3.8) is 0 Å². The molecule has 1 aromatic rings. The van der Waals surface area contributed by atoms with Gasteiger partial charge in [-0.1, -0.05) is 0 Å². The van der Waals surface area contributed by atoms with E-state index in [4.69, 9.17) is 5.11 Å². The van der Waals surface area contributed by atoms with Gasteiger partial charge in [-0.15, -0.1) is 0 Å². The molecule has 6 heteroatoms. The number of nitrogens with zero attached hydrogens (tertiary/aromatic N) is 1. The van der Waals surface area contributed by atoms with Crippen molar-refractivity contribution < 1.29 is 23.5 Å². The zero-order chi connectivity index (χ0) is 14.7. The number of hydrogen-bond donors (Lipinski definition) is 1. The summed E-state index contributed by atoms with van der Waals surface area (Å²) in [6.07, 6.45) is 1.25. The van der Waals surface area contributed by atoms with Crippen LogP contribution in [0.2, 0.25) is 0 Å². The van der Waals surface area contributed by atoms with E-state index in [1.54, 1.807) is 4.90 Å². The Bertz CT molecular complexity index is 533. The third-order valence-corrected chi connectivity index (χ3v) is 3.45. The van der Waals surface area contributed by atoms with Crippen LogP contribution >= 0.6 is 0 Å². The lowest BCUT2D eigenvalue weighted by Crippen LogP contribution is -2.41. The SMILES string of the molecule is O=C(CN1CCCC(C(=O)O)C1)c1cc(F)ccc1F. The molecule has 1 fully saturated rings. The Labute approximate surface area is 115 Å². The molecule has 0 spiro atoms. The Balaban J connectivity index is 2.04. The fourth-order valence-electron chi connectivity index (χ4n) is 2.40. The van der Waals surface area contributed by atoms with Crippen LogP contribution in [0.5, 0.6) is 0 Å². The molecular formula is C14H15F2NO3. The highest BCUT2D eigenvalue weighted by molar-refractivity contribution is 5.97. The van der Waals surface area contributed by atoms with Crippen molar-refractivity contribution in [1.29, 1.82) is 0 Å². The molecule has 0 aromatic heterocycles. The van der Waals surface area contributed by atoms with Crippen LogP contribution in [0.1, 0.15) is 23.2 Å². The fourth-order valence-corrected chi connectivity index (χ4v) is 2.40. The topological polar surface area (TPSA) is 57.6 Å². The summed E-state index contributed by atoms with van der Waals surface area (Å²) in [6, 6.07) is 2.74. The number of aliphatic carboxylic acids is 1. The van der Waals surface area contributed by atoms with Crippen LogP contribution in [0, 0.1) is 17.6 Å². The van der Waals surface area contributed by atoms with Crippen LogP contribution in [0.15, 0.2) is 18.2 Å². The monoisotopic (exact) mass is 283 g/mol. The van der Waals surface area contributed by atoms with Crippen LogP contribution in [0.25, 0.3) is 0 Å². The molecule has 0 amide bonds. The third kappa shape index (κ3) is 3.39. The lowest BCUT2D eigenvalue weighted by Gasteiger charge is -2.29. The second kappa shape index (κ2) is 6.09. The van der Waals surface area contributed by atoms with Gasteiger partial charge in [-0.2, -0.15) is 0 Å². The van der Waals surface area contributed by atoms with Gasteiger partial charge in [0.15, 0.2) is 5.78 Å². The number of carbonyl (C=O) groups excluding carboxylic acids is 1. The number of likely N-dealkylation sites (tertiary alicyclic amines) is 1. The standard InChI is InChI=1S/C14H15F2NO3/c15-10-3-4-12(16)11(6-10)13(18)8-17-5-1-2-9(7-17)14(19)20/h3-4,6,9H,1-2,5,7-8H2,(H,19,20). The number of hydrogen-bond acceptors (Lipinski definition) is 3. The molecule has 20 heavy (non-hydrogen) atoms. The van der Waals surface area contributed by atoms with Gasteiger partial charge in [-0.3, -0.25) is 14.5 Å². The first-order valence-electron chi connectivity index (χ1n) is 6.41. The van der Waals surface area contributed by atoms with Gasteiger partial charge in [0, 0.05) is 6.54 Å². The van der Waals surface area contributed by atoms with Crippen LogP contribution < -0.4 is 0 Å². The Kier molecular flexibility index (Phi) is 4.44. The predicted octanol–water partition coefficient (Wildman–Crippen LogP) is 1.94. The Morgan fingerprint density at radius 1 is 1.35 bits per heavy atom. The minimum absolute atomic E-state index is 0.0931. The zero-order valence-electron chi connectivity index (χ0n) is 10.8. The van der Waals surface area contributed by atoms with Gasteiger partial charge >= 0.3 is 5.97 Å². The maximum atomic E-state index is 13.5. The summed E-state index contributed by atoms with van der Waals surface area (Å²) in [4.78, 5) is 24.6. The van der Waals surface area contributed by atoms with E-state index in [1.165, 1.54) is 0 Å². The minimum atomic E-state index is -0.890. The third-order valence-electron chi connectivity index (χ3n) is 3.45. The summed E-state index contributed by atoms with van der Waals surface area (Å²) in [7, 11) is 0. The Hall–Kier alpha value is -1.82. The molecule has 1 saturated heterocycles. The average Bonchev–Trinajstić information content (AvgIpc) is 2.41. The maximum absolute atomic E-state index is 13.5. The van der Waals surface area contributed by atoms with Crippen molar-refractivity contribution in [2.45, 2.75) is 12.8 Å². The minimum Gasteiger partial charge on any atom is -0.481 e. The first kappa shape index (κ1) is 14.6. The van der Waals surface area contributed by atoms with E-state index in [9.17, 15) is 18.4 Å². The summed E-state index contributed by atoms with van der Waals surface area (Å²) in [6.45, 7) is 0.759. The first-order chi connectivity index (χ1) is 9.47. The molecule has 0 saturated carbocycles. The molecule has 1 unspecified atom stereocenters.